The van der Waals surface area contributed by atoms with Gasteiger partial charge in [0.15, 0.2) is 0 Å². The van der Waals surface area contributed by atoms with E-state index in [9.17, 15) is 0 Å². The van der Waals surface area contributed by atoms with Crippen molar-refractivity contribution >= 4 is 22.5 Å². The van der Waals surface area contributed by atoms with Gasteiger partial charge in [-0.15, -0.1) is 0 Å². The maximum Gasteiger partial charge on any atom is 0.234 e. The van der Waals surface area contributed by atoms with Crippen molar-refractivity contribution in [2.24, 2.45) is 0 Å². The first-order valence-electron chi connectivity index (χ1n) is 4.89. The summed E-state index contributed by atoms with van der Waals surface area (Å²) in [5, 5.41) is 1.75. The Labute approximate surface area is 97.3 Å². The third-order valence-electron chi connectivity index (χ3n) is 2.45. The summed E-state index contributed by atoms with van der Waals surface area (Å²) in [5.74, 6) is 0.653. The molecule has 3 rings (SSSR count). The zero-order valence-corrected chi connectivity index (χ0v) is 9.09. The Morgan fingerprint density at radius 2 is 1.81 bits per heavy atom. The lowest BCUT2D eigenvalue weighted by atomic mass is 10.2. The molecule has 0 fully saturated rings. The molecule has 0 saturated heterocycles. The Kier molecular flexibility index (Phi) is 2.11. The van der Waals surface area contributed by atoms with Crippen molar-refractivity contribution in [1.82, 2.24) is 14.5 Å². The average molecular weight is 230 g/mol. The Morgan fingerprint density at radius 3 is 2.62 bits per heavy atom. The molecule has 0 unspecified atom stereocenters. The second kappa shape index (κ2) is 3.61. The van der Waals surface area contributed by atoms with Crippen molar-refractivity contribution < 1.29 is 0 Å². The van der Waals surface area contributed by atoms with E-state index < -0.39 is 0 Å². The van der Waals surface area contributed by atoms with Gasteiger partial charge in [0.2, 0.25) is 5.95 Å². The van der Waals surface area contributed by atoms with Gasteiger partial charge >= 0.3 is 0 Å². The molecule has 0 aliphatic heterocycles. The van der Waals surface area contributed by atoms with E-state index in [-0.39, 0.29) is 0 Å². The second-order valence-electron chi connectivity index (χ2n) is 3.41. The molecule has 0 saturated carbocycles. The SMILES string of the molecule is Clc1cccc2c1ccn2-c1ncccn1. The smallest absolute Gasteiger partial charge is 0.234 e. The lowest BCUT2D eigenvalue weighted by molar-refractivity contribution is 0.962. The van der Waals surface area contributed by atoms with Crippen LogP contribution in [-0.4, -0.2) is 14.5 Å². The fourth-order valence-corrected chi connectivity index (χ4v) is 1.95. The Hall–Kier alpha value is -1.87. The van der Waals surface area contributed by atoms with E-state index >= 15 is 0 Å². The number of benzene rings is 1. The van der Waals surface area contributed by atoms with E-state index in [4.69, 9.17) is 11.6 Å². The summed E-state index contributed by atoms with van der Waals surface area (Å²) in [6.07, 6.45) is 5.36. The van der Waals surface area contributed by atoms with E-state index in [1.54, 1.807) is 18.5 Å². The van der Waals surface area contributed by atoms with Crippen LogP contribution >= 0.6 is 11.6 Å². The second-order valence-corrected chi connectivity index (χ2v) is 3.81. The molecule has 0 amide bonds. The van der Waals surface area contributed by atoms with Gasteiger partial charge in [0.25, 0.3) is 0 Å². The van der Waals surface area contributed by atoms with Gasteiger partial charge in [-0.2, -0.15) is 0 Å². The number of fused-ring (bicyclic) bond motifs is 1. The predicted octanol–water partition coefficient (Wildman–Crippen LogP) is 3.07. The minimum atomic E-state index is 0.653. The van der Waals surface area contributed by atoms with Gasteiger partial charge in [0.05, 0.1) is 5.52 Å². The van der Waals surface area contributed by atoms with E-state index in [2.05, 4.69) is 9.97 Å². The number of aromatic nitrogens is 3. The van der Waals surface area contributed by atoms with E-state index in [0.29, 0.717) is 5.95 Å². The minimum absolute atomic E-state index is 0.653. The van der Waals surface area contributed by atoms with Crippen LogP contribution in [0.4, 0.5) is 0 Å². The summed E-state index contributed by atoms with van der Waals surface area (Å²) in [6.45, 7) is 0. The molecule has 2 heterocycles. The zero-order valence-electron chi connectivity index (χ0n) is 8.34. The molecule has 16 heavy (non-hydrogen) atoms. The molecule has 0 spiro atoms. The first-order valence-corrected chi connectivity index (χ1v) is 5.27. The molecule has 2 aromatic heterocycles. The molecule has 0 aliphatic rings. The number of hydrogen-bond donors (Lipinski definition) is 0. The first kappa shape index (κ1) is 9.36. The topological polar surface area (TPSA) is 30.7 Å². The number of hydrogen-bond acceptors (Lipinski definition) is 2. The molecule has 0 aliphatic carbocycles. The summed E-state index contributed by atoms with van der Waals surface area (Å²) in [4.78, 5) is 8.42. The normalized spacial score (nSPS) is 10.8. The van der Waals surface area contributed by atoms with Crippen LogP contribution < -0.4 is 0 Å². The van der Waals surface area contributed by atoms with Crippen LogP contribution in [0.5, 0.6) is 0 Å². The molecule has 3 nitrogen and oxygen atoms in total. The van der Waals surface area contributed by atoms with Crippen LogP contribution in [0.25, 0.3) is 16.9 Å². The third kappa shape index (κ3) is 1.37. The maximum absolute atomic E-state index is 6.10. The quantitative estimate of drug-likeness (QED) is 0.642. The zero-order chi connectivity index (χ0) is 11.0. The van der Waals surface area contributed by atoms with Crippen molar-refractivity contribution in [3.8, 4) is 5.95 Å². The molecular formula is C12H8ClN3. The Balaban J connectivity index is 2.30. The number of nitrogens with zero attached hydrogens (tertiary/aromatic N) is 3. The largest absolute Gasteiger partial charge is 0.285 e. The molecule has 1 aromatic carbocycles. The highest BCUT2D eigenvalue weighted by molar-refractivity contribution is 6.35. The molecule has 0 radical (unpaired) electrons. The van der Waals surface area contributed by atoms with Crippen molar-refractivity contribution in [2.45, 2.75) is 0 Å². The number of halogens is 1. The van der Waals surface area contributed by atoms with Crippen LogP contribution in [0.15, 0.2) is 48.9 Å². The van der Waals surface area contributed by atoms with Crippen LogP contribution in [0.2, 0.25) is 5.02 Å². The monoisotopic (exact) mass is 229 g/mol. The molecule has 0 atom stereocenters. The van der Waals surface area contributed by atoms with Gasteiger partial charge in [-0.1, -0.05) is 17.7 Å². The first-order chi connectivity index (χ1) is 7.86. The van der Waals surface area contributed by atoms with Gasteiger partial charge < -0.3 is 0 Å². The van der Waals surface area contributed by atoms with Crippen LogP contribution in [0.3, 0.4) is 0 Å². The summed E-state index contributed by atoms with van der Waals surface area (Å²) < 4.78 is 1.92. The fourth-order valence-electron chi connectivity index (χ4n) is 1.72. The minimum Gasteiger partial charge on any atom is -0.285 e. The fraction of sp³-hybridized carbons (Fsp3) is 0. The lowest BCUT2D eigenvalue weighted by Gasteiger charge is -2.02. The molecular weight excluding hydrogens is 222 g/mol. The predicted molar refractivity (Wildman–Crippen MR) is 63.9 cm³/mol. The van der Waals surface area contributed by atoms with Crippen LogP contribution in [0.1, 0.15) is 0 Å². The van der Waals surface area contributed by atoms with Crippen LogP contribution in [-0.2, 0) is 0 Å². The van der Waals surface area contributed by atoms with Crippen molar-refractivity contribution in [3.05, 3.63) is 53.9 Å². The average Bonchev–Trinajstić information content (AvgIpc) is 2.75. The van der Waals surface area contributed by atoms with Gasteiger partial charge in [0, 0.05) is 29.0 Å². The molecule has 78 valence electrons. The highest BCUT2D eigenvalue weighted by Gasteiger charge is 2.06. The van der Waals surface area contributed by atoms with Gasteiger partial charge in [0.1, 0.15) is 0 Å². The van der Waals surface area contributed by atoms with Crippen molar-refractivity contribution in [2.75, 3.05) is 0 Å². The van der Waals surface area contributed by atoms with Crippen molar-refractivity contribution in [1.29, 1.82) is 0 Å². The Bertz CT molecular complexity index is 631. The lowest BCUT2D eigenvalue weighted by Crippen LogP contribution is -1.97. The Morgan fingerprint density at radius 1 is 1.00 bits per heavy atom. The van der Waals surface area contributed by atoms with E-state index in [1.165, 1.54) is 0 Å². The third-order valence-corrected chi connectivity index (χ3v) is 2.78. The van der Waals surface area contributed by atoms with Gasteiger partial charge in [-0.25, -0.2) is 9.97 Å². The highest BCUT2D eigenvalue weighted by Crippen LogP contribution is 2.25. The standard InChI is InChI=1S/C12H8ClN3/c13-10-3-1-4-11-9(10)5-8-16(11)12-14-6-2-7-15-12/h1-8H. The van der Waals surface area contributed by atoms with E-state index in [0.717, 1.165) is 15.9 Å². The summed E-state index contributed by atoms with van der Waals surface area (Å²) in [7, 11) is 0. The molecule has 4 heteroatoms. The molecule has 0 bridgehead atoms. The maximum atomic E-state index is 6.10. The summed E-state index contributed by atoms with van der Waals surface area (Å²) >= 11 is 6.10. The number of rotatable bonds is 1. The van der Waals surface area contributed by atoms with Gasteiger partial charge in [-0.05, 0) is 24.3 Å². The summed E-state index contributed by atoms with van der Waals surface area (Å²) in [6, 6.07) is 9.55. The molecule has 3 aromatic rings. The van der Waals surface area contributed by atoms with Crippen molar-refractivity contribution in [3.63, 3.8) is 0 Å². The summed E-state index contributed by atoms with van der Waals surface area (Å²) in [5.41, 5.74) is 1.01. The van der Waals surface area contributed by atoms with E-state index in [1.807, 2.05) is 35.0 Å². The molecule has 0 N–H and O–H groups in total. The highest BCUT2D eigenvalue weighted by atomic mass is 35.5. The van der Waals surface area contributed by atoms with Crippen LogP contribution in [0, 0.1) is 0 Å². The van der Waals surface area contributed by atoms with Gasteiger partial charge in [-0.3, -0.25) is 4.57 Å².